The Morgan fingerprint density at radius 1 is 0.558 bits per heavy atom. The summed E-state index contributed by atoms with van der Waals surface area (Å²) in [5, 5.41) is 2.32. The van der Waals surface area contributed by atoms with E-state index in [1.54, 1.807) is 11.8 Å². The molecule has 1 aliphatic rings. The maximum atomic E-state index is 4.86. The molecular weight excluding hydrogens is 545 g/mol. The third kappa shape index (κ3) is 4.17. The van der Waals surface area contributed by atoms with Gasteiger partial charge in [-0.1, -0.05) is 73.5 Å². The van der Waals surface area contributed by atoms with Crippen LogP contribution in [0.4, 0.5) is 17.2 Å². The SMILES string of the molecule is C=Cc1ccc2c(c1)c1cc(C=C)ccc1n2-c1cc(-c2ccnc(N3c4ccccc4Sc4ccccc43)c2)ccn1. The van der Waals surface area contributed by atoms with Gasteiger partial charge in [-0.2, -0.15) is 0 Å². The molecule has 0 radical (unpaired) electrons. The third-order valence-corrected chi connectivity index (χ3v) is 9.13. The van der Waals surface area contributed by atoms with Crippen molar-refractivity contribution in [3.8, 4) is 16.9 Å². The molecule has 1 aliphatic heterocycles. The molecule has 0 spiro atoms. The van der Waals surface area contributed by atoms with Crippen LogP contribution in [0.3, 0.4) is 0 Å². The molecule has 5 heteroatoms. The van der Waals surface area contributed by atoms with Gasteiger partial charge >= 0.3 is 0 Å². The van der Waals surface area contributed by atoms with Gasteiger partial charge in [-0.3, -0.25) is 9.47 Å². The first-order valence-corrected chi connectivity index (χ1v) is 15.0. The minimum absolute atomic E-state index is 0.860. The van der Waals surface area contributed by atoms with Crippen molar-refractivity contribution in [3.05, 3.63) is 146 Å². The van der Waals surface area contributed by atoms with Crippen LogP contribution in [0.5, 0.6) is 0 Å². The number of anilines is 3. The second-order valence-corrected chi connectivity index (χ2v) is 11.6. The highest BCUT2D eigenvalue weighted by Crippen LogP contribution is 2.51. The molecule has 7 aromatic rings. The van der Waals surface area contributed by atoms with E-state index in [9.17, 15) is 0 Å². The molecule has 4 aromatic carbocycles. The van der Waals surface area contributed by atoms with Crippen LogP contribution in [0.25, 0.3) is 50.9 Å². The average Bonchev–Trinajstić information content (AvgIpc) is 3.40. The van der Waals surface area contributed by atoms with Crippen LogP contribution in [0.2, 0.25) is 0 Å². The van der Waals surface area contributed by atoms with Crippen molar-refractivity contribution in [2.24, 2.45) is 0 Å². The molecule has 0 aliphatic carbocycles. The van der Waals surface area contributed by atoms with E-state index in [0.29, 0.717) is 0 Å². The van der Waals surface area contributed by atoms with E-state index in [2.05, 4.69) is 132 Å². The topological polar surface area (TPSA) is 34.0 Å². The summed E-state index contributed by atoms with van der Waals surface area (Å²) >= 11 is 1.80. The lowest BCUT2D eigenvalue weighted by atomic mass is 10.1. The maximum absolute atomic E-state index is 4.86. The van der Waals surface area contributed by atoms with E-state index in [4.69, 9.17) is 9.97 Å². The van der Waals surface area contributed by atoms with Gasteiger partial charge in [0.1, 0.15) is 11.6 Å². The van der Waals surface area contributed by atoms with Gasteiger partial charge in [-0.05, 0) is 95.1 Å². The summed E-state index contributed by atoms with van der Waals surface area (Å²) < 4.78 is 2.24. The summed E-state index contributed by atoms with van der Waals surface area (Å²) in [6.07, 6.45) is 7.56. The van der Waals surface area contributed by atoms with Crippen LogP contribution < -0.4 is 4.90 Å². The highest BCUT2D eigenvalue weighted by Gasteiger charge is 2.25. The second kappa shape index (κ2) is 10.2. The average molecular weight is 571 g/mol. The zero-order valence-corrected chi connectivity index (χ0v) is 24.1. The van der Waals surface area contributed by atoms with E-state index in [0.717, 1.165) is 67.1 Å². The number of hydrogen-bond acceptors (Lipinski definition) is 4. The van der Waals surface area contributed by atoms with Gasteiger partial charge in [0.2, 0.25) is 0 Å². The lowest BCUT2D eigenvalue weighted by Crippen LogP contribution is -2.15. The molecule has 0 bridgehead atoms. The molecule has 204 valence electrons. The number of pyridine rings is 2. The largest absolute Gasteiger partial charge is 0.294 e. The van der Waals surface area contributed by atoms with E-state index >= 15 is 0 Å². The standard InChI is InChI=1S/C38H26N4S/c1-3-25-13-15-31-29(21-25)30-22-26(4-2)14-16-32(30)41(31)37-23-27(17-19-39-37)28-18-20-40-38(24-28)42-33-9-5-7-11-35(33)43-36-12-8-6-10-34(36)42/h3-24H,1-2H2. The Labute approximate surface area is 254 Å². The molecule has 0 unspecified atom stereocenters. The molecule has 0 saturated heterocycles. The van der Waals surface area contributed by atoms with Crippen molar-refractivity contribution in [1.29, 1.82) is 0 Å². The smallest absolute Gasteiger partial charge is 0.138 e. The number of nitrogens with zero attached hydrogens (tertiary/aromatic N) is 4. The first-order valence-electron chi connectivity index (χ1n) is 14.1. The van der Waals surface area contributed by atoms with Crippen LogP contribution in [-0.2, 0) is 0 Å². The van der Waals surface area contributed by atoms with Gasteiger partial charge in [-0.15, -0.1) is 0 Å². The predicted molar refractivity (Wildman–Crippen MR) is 181 cm³/mol. The molecule has 0 N–H and O–H groups in total. The Morgan fingerprint density at radius 2 is 1.07 bits per heavy atom. The van der Waals surface area contributed by atoms with Crippen LogP contribution in [0.1, 0.15) is 11.1 Å². The molecule has 3 aromatic heterocycles. The minimum Gasteiger partial charge on any atom is -0.294 e. The van der Waals surface area contributed by atoms with Gasteiger partial charge in [0.25, 0.3) is 0 Å². The van der Waals surface area contributed by atoms with Gasteiger partial charge in [0, 0.05) is 33.0 Å². The zero-order chi connectivity index (χ0) is 28.9. The first-order chi connectivity index (χ1) is 21.2. The van der Waals surface area contributed by atoms with Gasteiger partial charge in [0.05, 0.1) is 22.4 Å². The number of fused-ring (bicyclic) bond motifs is 5. The summed E-state index contributed by atoms with van der Waals surface area (Å²) in [5.41, 5.74) is 8.78. The number of aromatic nitrogens is 3. The van der Waals surface area contributed by atoms with Crippen LogP contribution in [-0.4, -0.2) is 14.5 Å². The minimum atomic E-state index is 0.860. The summed E-state index contributed by atoms with van der Waals surface area (Å²) in [4.78, 5) is 14.4. The molecule has 0 fully saturated rings. The maximum Gasteiger partial charge on any atom is 0.138 e. The molecule has 8 rings (SSSR count). The van der Waals surface area contributed by atoms with E-state index < -0.39 is 0 Å². The Kier molecular flexibility index (Phi) is 5.98. The number of para-hydroxylation sites is 2. The number of rotatable bonds is 5. The lowest BCUT2D eigenvalue weighted by Gasteiger charge is -2.32. The highest BCUT2D eigenvalue weighted by molar-refractivity contribution is 7.99. The molecule has 0 amide bonds. The molecule has 4 heterocycles. The van der Waals surface area contributed by atoms with E-state index in [1.807, 2.05) is 24.5 Å². The van der Waals surface area contributed by atoms with Gasteiger partial charge in [-0.25, -0.2) is 9.97 Å². The summed E-state index contributed by atoms with van der Waals surface area (Å²) in [7, 11) is 0. The van der Waals surface area contributed by atoms with Crippen molar-refractivity contribution in [3.63, 3.8) is 0 Å². The Morgan fingerprint density at radius 3 is 1.63 bits per heavy atom. The van der Waals surface area contributed by atoms with Crippen LogP contribution in [0.15, 0.2) is 145 Å². The summed E-state index contributed by atoms with van der Waals surface area (Å²) in [6.45, 7) is 7.96. The number of hydrogen-bond donors (Lipinski definition) is 0. The van der Waals surface area contributed by atoms with Crippen molar-refractivity contribution in [1.82, 2.24) is 14.5 Å². The third-order valence-electron chi connectivity index (χ3n) is 8.00. The fourth-order valence-electron chi connectivity index (χ4n) is 5.95. The zero-order valence-electron chi connectivity index (χ0n) is 23.3. The van der Waals surface area contributed by atoms with Crippen molar-refractivity contribution in [2.45, 2.75) is 9.79 Å². The number of benzene rings is 4. The fourth-order valence-corrected chi connectivity index (χ4v) is 7.01. The summed E-state index contributed by atoms with van der Waals surface area (Å²) in [5.74, 6) is 1.74. The molecule has 43 heavy (non-hydrogen) atoms. The predicted octanol–water partition coefficient (Wildman–Crippen LogP) is 10.5. The van der Waals surface area contributed by atoms with Crippen LogP contribution >= 0.6 is 11.8 Å². The quantitative estimate of drug-likeness (QED) is 0.206. The lowest BCUT2D eigenvalue weighted by molar-refractivity contribution is 1.08. The Balaban J connectivity index is 1.28. The first kappa shape index (κ1) is 25.3. The van der Waals surface area contributed by atoms with Crippen molar-refractivity contribution >= 4 is 62.9 Å². The highest BCUT2D eigenvalue weighted by atomic mass is 32.2. The molecule has 0 atom stereocenters. The Bertz CT molecular complexity index is 2120. The molecular formula is C38H26N4S. The van der Waals surface area contributed by atoms with Crippen molar-refractivity contribution in [2.75, 3.05) is 4.90 Å². The van der Waals surface area contributed by atoms with Crippen LogP contribution in [0, 0.1) is 0 Å². The monoisotopic (exact) mass is 570 g/mol. The Hall–Kier alpha value is -5.39. The van der Waals surface area contributed by atoms with E-state index in [1.165, 1.54) is 9.79 Å². The second-order valence-electron chi connectivity index (χ2n) is 10.5. The molecule has 0 saturated carbocycles. The normalized spacial score (nSPS) is 12.2. The molecule has 4 nitrogen and oxygen atoms in total. The fraction of sp³-hybridized carbons (Fsp3) is 0. The van der Waals surface area contributed by atoms with Gasteiger partial charge < -0.3 is 0 Å². The van der Waals surface area contributed by atoms with Gasteiger partial charge in [0.15, 0.2) is 0 Å². The summed E-state index contributed by atoms with van der Waals surface area (Å²) in [6, 6.07) is 38.4. The van der Waals surface area contributed by atoms with E-state index in [-0.39, 0.29) is 0 Å². The van der Waals surface area contributed by atoms with Crippen molar-refractivity contribution < 1.29 is 0 Å².